The zero-order valence-electron chi connectivity index (χ0n) is 10.8. The summed E-state index contributed by atoms with van der Waals surface area (Å²) < 4.78 is 2.27. The Bertz CT molecular complexity index is 371. The highest BCUT2D eigenvalue weighted by Crippen LogP contribution is 2.28. The zero-order valence-corrected chi connectivity index (χ0v) is 10.8. The Balaban J connectivity index is 2.06. The smallest absolute Gasteiger partial charge is 0.203 e. The largest absolute Gasteiger partial charge is 0.352 e. The van der Waals surface area contributed by atoms with E-state index in [-0.39, 0.29) is 0 Å². The summed E-state index contributed by atoms with van der Waals surface area (Å²) in [5.74, 6) is 0.964. The van der Waals surface area contributed by atoms with E-state index in [9.17, 15) is 0 Å². The van der Waals surface area contributed by atoms with Crippen LogP contribution < -0.4 is 5.32 Å². The van der Waals surface area contributed by atoms with Crippen molar-refractivity contribution >= 4 is 5.95 Å². The van der Waals surface area contributed by atoms with E-state index in [2.05, 4.69) is 46.5 Å². The number of hydrogen-bond acceptors (Lipinski definition) is 3. The number of nitrogens with one attached hydrogen (secondary N) is 1. The van der Waals surface area contributed by atoms with E-state index in [4.69, 9.17) is 0 Å². The molecule has 0 aliphatic carbocycles. The minimum absolute atomic E-state index is 0.566. The van der Waals surface area contributed by atoms with Crippen molar-refractivity contribution in [3.8, 4) is 0 Å². The molecule has 0 amide bonds. The minimum atomic E-state index is 0.566. The molecule has 1 aromatic rings. The molecule has 2 atom stereocenters. The van der Waals surface area contributed by atoms with Gasteiger partial charge in [-0.1, -0.05) is 6.08 Å². The van der Waals surface area contributed by atoms with E-state index in [1.54, 1.807) is 0 Å². The SMILES string of the molecule is C=CCNc1nccn1C1CCN(C)C(C)C1. The second-order valence-corrected chi connectivity index (χ2v) is 4.84. The lowest BCUT2D eigenvalue weighted by molar-refractivity contribution is 0.157. The van der Waals surface area contributed by atoms with Crippen molar-refractivity contribution in [3.63, 3.8) is 0 Å². The monoisotopic (exact) mass is 234 g/mol. The van der Waals surface area contributed by atoms with E-state index in [1.807, 2.05) is 12.3 Å². The molecule has 1 saturated heterocycles. The first-order valence-corrected chi connectivity index (χ1v) is 6.30. The number of anilines is 1. The van der Waals surface area contributed by atoms with Crippen LogP contribution >= 0.6 is 0 Å². The molecular formula is C13H22N4. The fourth-order valence-corrected chi connectivity index (χ4v) is 2.43. The molecule has 1 N–H and O–H groups in total. The van der Waals surface area contributed by atoms with Gasteiger partial charge in [0.05, 0.1) is 0 Å². The Kier molecular flexibility index (Phi) is 3.84. The van der Waals surface area contributed by atoms with Gasteiger partial charge in [0.15, 0.2) is 0 Å². The van der Waals surface area contributed by atoms with Gasteiger partial charge in [0.2, 0.25) is 5.95 Å². The molecule has 0 saturated carbocycles. The first-order valence-electron chi connectivity index (χ1n) is 6.30. The molecular weight excluding hydrogens is 212 g/mol. The van der Waals surface area contributed by atoms with E-state index < -0.39 is 0 Å². The lowest BCUT2D eigenvalue weighted by atomic mass is 9.99. The van der Waals surface area contributed by atoms with Gasteiger partial charge >= 0.3 is 0 Å². The Labute approximate surface area is 103 Å². The maximum absolute atomic E-state index is 4.36. The van der Waals surface area contributed by atoms with Crippen molar-refractivity contribution in [2.75, 3.05) is 25.5 Å². The van der Waals surface area contributed by atoms with Crippen LogP contribution in [0.5, 0.6) is 0 Å². The molecule has 0 aromatic carbocycles. The average molecular weight is 234 g/mol. The molecule has 17 heavy (non-hydrogen) atoms. The summed E-state index contributed by atoms with van der Waals surface area (Å²) in [6.45, 7) is 7.93. The van der Waals surface area contributed by atoms with Crippen LogP contribution in [0, 0.1) is 0 Å². The highest BCUT2D eigenvalue weighted by molar-refractivity contribution is 5.27. The molecule has 4 nitrogen and oxygen atoms in total. The third-order valence-corrected chi connectivity index (χ3v) is 3.65. The van der Waals surface area contributed by atoms with Crippen LogP contribution in [-0.4, -0.2) is 40.6 Å². The Morgan fingerprint density at radius 2 is 2.47 bits per heavy atom. The topological polar surface area (TPSA) is 33.1 Å². The van der Waals surface area contributed by atoms with E-state index in [0.29, 0.717) is 12.1 Å². The number of rotatable bonds is 4. The Hall–Kier alpha value is -1.29. The summed E-state index contributed by atoms with van der Waals surface area (Å²) >= 11 is 0. The predicted molar refractivity (Wildman–Crippen MR) is 71.3 cm³/mol. The number of aromatic nitrogens is 2. The summed E-state index contributed by atoms with van der Waals surface area (Å²) in [7, 11) is 2.20. The first-order chi connectivity index (χ1) is 8.22. The molecule has 1 fully saturated rings. The number of piperidine rings is 1. The molecule has 1 aromatic heterocycles. The molecule has 1 aliphatic heterocycles. The minimum Gasteiger partial charge on any atom is -0.352 e. The van der Waals surface area contributed by atoms with Crippen molar-refractivity contribution < 1.29 is 0 Å². The van der Waals surface area contributed by atoms with Gasteiger partial charge in [-0.25, -0.2) is 4.98 Å². The van der Waals surface area contributed by atoms with Crippen LogP contribution in [0.2, 0.25) is 0 Å². The van der Waals surface area contributed by atoms with Crippen LogP contribution in [0.25, 0.3) is 0 Å². The number of hydrogen-bond donors (Lipinski definition) is 1. The van der Waals surface area contributed by atoms with Gasteiger partial charge in [-0.2, -0.15) is 0 Å². The van der Waals surface area contributed by atoms with Gasteiger partial charge in [0.25, 0.3) is 0 Å². The second kappa shape index (κ2) is 5.36. The molecule has 2 rings (SSSR count). The maximum Gasteiger partial charge on any atom is 0.203 e. The van der Waals surface area contributed by atoms with Gasteiger partial charge < -0.3 is 14.8 Å². The lowest BCUT2D eigenvalue weighted by Gasteiger charge is -2.36. The van der Waals surface area contributed by atoms with Crippen LogP contribution in [0.4, 0.5) is 5.95 Å². The van der Waals surface area contributed by atoms with Crippen LogP contribution in [0.15, 0.2) is 25.0 Å². The van der Waals surface area contributed by atoms with Crippen molar-refractivity contribution in [1.82, 2.24) is 14.5 Å². The highest BCUT2D eigenvalue weighted by Gasteiger charge is 2.24. The van der Waals surface area contributed by atoms with E-state index in [1.165, 1.54) is 12.8 Å². The molecule has 2 unspecified atom stereocenters. The molecule has 1 aliphatic rings. The van der Waals surface area contributed by atoms with E-state index >= 15 is 0 Å². The fraction of sp³-hybridized carbons (Fsp3) is 0.615. The summed E-state index contributed by atoms with van der Waals surface area (Å²) in [4.78, 5) is 6.78. The van der Waals surface area contributed by atoms with Gasteiger partial charge in [-0.3, -0.25) is 0 Å². The molecule has 4 heteroatoms. The lowest BCUT2D eigenvalue weighted by Crippen LogP contribution is -2.38. The zero-order chi connectivity index (χ0) is 12.3. The van der Waals surface area contributed by atoms with Gasteiger partial charge in [0.1, 0.15) is 0 Å². The second-order valence-electron chi connectivity index (χ2n) is 4.84. The number of nitrogens with zero attached hydrogens (tertiary/aromatic N) is 3. The summed E-state index contributed by atoms with van der Waals surface area (Å²) in [5, 5.41) is 3.29. The van der Waals surface area contributed by atoms with Crippen LogP contribution in [0.1, 0.15) is 25.8 Å². The molecule has 0 bridgehead atoms. The van der Waals surface area contributed by atoms with Crippen LogP contribution in [-0.2, 0) is 0 Å². The molecule has 2 heterocycles. The molecule has 0 radical (unpaired) electrons. The summed E-state index contributed by atoms with van der Waals surface area (Å²) in [5.41, 5.74) is 0. The van der Waals surface area contributed by atoms with Gasteiger partial charge in [0, 0.05) is 37.6 Å². The standard InChI is InChI=1S/C13H22N4/c1-4-6-14-13-15-7-9-17(13)12-5-8-16(3)11(2)10-12/h4,7,9,11-12H,1,5-6,8,10H2,2-3H3,(H,14,15). The first kappa shape index (κ1) is 12.2. The predicted octanol–water partition coefficient (Wildman–Crippen LogP) is 2.14. The molecule has 94 valence electrons. The number of imidazole rings is 1. The van der Waals surface area contributed by atoms with Crippen LogP contribution in [0.3, 0.4) is 0 Å². The third-order valence-electron chi connectivity index (χ3n) is 3.65. The van der Waals surface area contributed by atoms with Crippen molar-refractivity contribution in [1.29, 1.82) is 0 Å². The van der Waals surface area contributed by atoms with Gasteiger partial charge in [-0.05, 0) is 26.8 Å². The average Bonchev–Trinajstić information content (AvgIpc) is 2.78. The van der Waals surface area contributed by atoms with Crippen molar-refractivity contribution in [2.45, 2.75) is 31.8 Å². The Morgan fingerprint density at radius 1 is 1.65 bits per heavy atom. The summed E-state index contributed by atoms with van der Waals surface area (Å²) in [6.07, 6.45) is 8.19. The Morgan fingerprint density at radius 3 is 3.18 bits per heavy atom. The van der Waals surface area contributed by atoms with Crippen molar-refractivity contribution in [3.05, 3.63) is 25.0 Å². The van der Waals surface area contributed by atoms with E-state index in [0.717, 1.165) is 19.0 Å². The highest BCUT2D eigenvalue weighted by atomic mass is 15.2. The number of likely N-dealkylation sites (tertiary alicyclic amines) is 1. The fourth-order valence-electron chi connectivity index (χ4n) is 2.43. The maximum atomic E-state index is 4.36. The normalized spacial score (nSPS) is 25.8. The third kappa shape index (κ3) is 2.69. The van der Waals surface area contributed by atoms with Gasteiger partial charge in [-0.15, -0.1) is 6.58 Å². The summed E-state index contributed by atoms with van der Waals surface area (Å²) in [6, 6.07) is 1.21. The molecule has 0 spiro atoms. The quantitative estimate of drug-likeness (QED) is 0.810. The van der Waals surface area contributed by atoms with Crippen molar-refractivity contribution in [2.24, 2.45) is 0 Å².